The van der Waals surface area contributed by atoms with Crippen LogP contribution in [0.3, 0.4) is 0 Å². The summed E-state index contributed by atoms with van der Waals surface area (Å²) < 4.78 is 4.23. The quantitative estimate of drug-likeness (QED) is 0.346. The molecule has 0 saturated heterocycles. The van der Waals surface area contributed by atoms with Crippen LogP contribution < -0.4 is 48.0 Å². The molecule has 34 heavy (non-hydrogen) atoms. The second kappa shape index (κ2) is 14.5. The molecule has 0 spiro atoms. The van der Waals surface area contributed by atoms with Gasteiger partial charge < -0.3 is 48.0 Å². The summed E-state index contributed by atoms with van der Waals surface area (Å²) >= 11 is -2.30. The van der Waals surface area contributed by atoms with Crippen molar-refractivity contribution in [3.8, 4) is 0 Å². The molecule has 2 aromatic carbocycles. The van der Waals surface area contributed by atoms with Crippen LogP contribution in [0.2, 0.25) is 0 Å². The first kappa shape index (κ1) is 30.0. The van der Waals surface area contributed by atoms with E-state index in [9.17, 15) is 0 Å². The molecule has 0 bridgehead atoms. The largest absolute Gasteiger partial charge is 1.00 e. The van der Waals surface area contributed by atoms with Crippen molar-refractivity contribution in [2.75, 3.05) is 0 Å². The van der Waals surface area contributed by atoms with Crippen LogP contribution in [0.25, 0.3) is 0 Å². The Balaban J connectivity index is 0.00000204. The van der Waals surface area contributed by atoms with Gasteiger partial charge in [-0.2, -0.15) is 0 Å². The molecule has 0 radical (unpaired) electrons. The SMILES string of the molecule is CC(C)CC1=[C]([Zr+2]([C]2=C(CC(C)C)C=CC2)[CH](c2ccccc2)c2ccccc2)CC=C1.[I-].[I-]. The molecule has 179 valence electrons. The normalized spacial score (nSPS) is 14.9. The first-order valence-electron chi connectivity index (χ1n) is 12.3. The molecule has 2 aliphatic carbocycles. The van der Waals surface area contributed by atoms with Crippen LogP contribution in [-0.2, 0) is 21.8 Å². The van der Waals surface area contributed by atoms with E-state index in [1.165, 1.54) is 36.8 Å². The van der Waals surface area contributed by atoms with Crippen molar-refractivity contribution < 1.29 is 69.7 Å². The fourth-order valence-electron chi connectivity index (χ4n) is 5.28. The van der Waals surface area contributed by atoms with Gasteiger partial charge in [-0.1, -0.05) is 0 Å². The Labute approximate surface area is 249 Å². The van der Waals surface area contributed by atoms with Crippen molar-refractivity contribution in [3.63, 3.8) is 0 Å². The topological polar surface area (TPSA) is 0 Å². The molecule has 0 atom stereocenters. The monoisotopic (exact) mass is 753 g/mol. The summed E-state index contributed by atoms with van der Waals surface area (Å²) in [6.07, 6.45) is 14.6. The van der Waals surface area contributed by atoms with Crippen LogP contribution in [0.4, 0.5) is 0 Å². The van der Waals surface area contributed by atoms with Crippen LogP contribution in [0.15, 0.2) is 103 Å². The minimum atomic E-state index is -2.30. The minimum Gasteiger partial charge on any atom is -1.00 e. The van der Waals surface area contributed by atoms with Crippen molar-refractivity contribution in [1.82, 2.24) is 0 Å². The van der Waals surface area contributed by atoms with Gasteiger partial charge in [0.05, 0.1) is 0 Å². The van der Waals surface area contributed by atoms with Gasteiger partial charge in [0.2, 0.25) is 0 Å². The number of hydrogen-bond donors (Lipinski definition) is 0. The Hall–Kier alpha value is -0.257. The molecule has 3 heteroatoms. The fourth-order valence-corrected chi connectivity index (χ4v) is 14.7. The smallest absolute Gasteiger partial charge is 1.00 e. The fraction of sp³-hybridized carbons (Fsp3) is 0.355. The first-order chi connectivity index (χ1) is 15.5. The third-order valence-electron chi connectivity index (χ3n) is 6.52. The zero-order chi connectivity index (χ0) is 22.5. The summed E-state index contributed by atoms with van der Waals surface area (Å²) in [7, 11) is 0. The van der Waals surface area contributed by atoms with Crippen molar-refractivity contribution >= 4 is 0 Å². The molecular formula is C31H37I2Zr. The molecule has 0 unspecified atom stereocenters. The zero-order valence-electron chi connectivity index (χ0n) is 20.9. The molecule has 0 heterocycles. The Morgan fingerprint density at radius 3 is 1.35 bits per heavy atom. The van der Waals surface area contributed by atoms with E-state index < -0.39 is 21.8 Å². The molecule has 0 N–H and O–H groups in total. The first-order valence-corrected chi connectivity index (χ1v) is 16.2. The molecule has 4 rings (SSSR count). The van der Waals surface area contributed by atoms with Crippen molar-refractivity contribution in [2.24, 2.45) is 11.8 Å². The van der Waals surface area contributed by atoms with Gasteiger partial charge in [-0.05, 0) is 0 Å². The van der Waals surface area contributed by atoms with Gasteiger partial charge in [0, 0.05) is 0 Å². The number of benzene rings is 2. The number of allylic oxidation sites excluding steroid dienone is 8. The van der Waals surface area contributed by atoms with E-state index in [-0.39, 0.29) is 48.0 Å². The van der Waals surface area contributed by atoms with Gasteiger partial charge >= 0.3 is 204 Å². The number of halogens is 2. The Morgan fingerprint density at radius 2 is 1.00 bits per heavy atom. The second-order valence-electron chi connectivity index (χ2n) is 10.1. The van der Waals surface area contributed by atoms with Crippen molar-refractivity contribution in [2.45, 2.75) is 57.0 Å². The van der Waals surface area contributed by atoms with Crippen LogP contribution in [0.5, 0.6) is 0 Å². The van der Waals surface area contributed by atoms with Crippen molar-refractivity contribution in [3.05, 3.63) is 114 Å². The molecule has 0 fully saturated rings. The summed E-state index contributed by atoms with van der Waals surface area (Å²) in [5.41, 5.74) is 6.35. The maximum absolute atomic E-state index is 2.47. The minimum absolute atomic E-state index is 0. The summed E-state index contributed by atoms with van der Waals surface area (Å²) in [6, 6.07) is 22.8. The molecule has 0 aromatic heterocycles. The third kappa shape index (κ3) is 7.38. The van der Waals surface area contributed by atoms with Gasteiger partial charge in [0.1, 0.15) is 0 Å². The molecule has 0 aliphatic heterocycles. The maximum Gasteiger partial charge on any atom is -1.00 e. The van der Waals surface area contributed by atoms with Gasteiger partial charge in [-0.15, -0.1) is 0 Å². The van der Waals surface area contributed by atoms with E-state index in [0.29, 0.717) is 15.5 Å². The van der Waals surface area contributed by atoms with Gasteiger partial charge in [0.15, 0.2) is 0 Å². The summed E-state index contributed by atoms with van der Waals surface area (Å²) in [6.45, 7) is 9.47. The number of hydrogen-bond acceptors (Lipinski definition) is 0. The molecule has 2 aliphatic rings. The Bertz CT molecular complexity index is 946. The van der Waals surface area contributed by atoms with E-state index >= 15 is 0 Å². The van der Waals surface area contributed by atoms with Crippen molar-refractivity contribution in [1.29, 1.82) is 0 Å². The summed E-state index contributed by atoms with van der Waals surface area (Å²) in [4.78, 5) is 0. The molecule has 0 amide bonds. The third-order valence-corrected chi connectivity index (χ3v) is 15.4. The van der Waals surface area contributed by atoms with E-state index in [1.807, 2.05) is 6.56 Å². The van der Waals surface area contributed by atoms with Gasteiger partial charge in [0.25, 0.3) is 0 Å². The molecule has 0 saturated carbocycles. The van der Waals surface area contributed by atoms with E-state index in [1.54, 1.807) is 11.1 Å². The van der Waals surface area contributed by atoms with Crippen LogP contribution in [0, 0.1) is 11.8 Å². The van der Waals surface area contributed by atoms with E-state index in [0.717, 1.165) is 0 Å². The number of rotatable bonds is 9. The Morgan fingerprint density at radius 1 is 0.618 bits per heavy atom. The molecule has 0 nitrogen and oxygen atoms in total. The van der Waals surface area contributed by atoms with Crippen LogP contribution in [-0.4, -0.2) is 0 Å². The van der Waals surface area contributed by atoms with Gasteiger partial charge in [-0.3, -0.25) is 0 Å². The van der Waals surface area contributed by atoms with Crippen LogP contribution >= 0.6 is 0 Å². The average Bonchev–Trinajstić information content (AvgIpc) is 3.42. The standard InChI is InChI=1S/C13H11.2C9H13.2HI.Zr/c1-3-7-12(8-4-1)11-13-9-5-2-6-10-13;2*1-8(2)7-9-5-3-4-6-9;;;/h1-11H;2*3,5,8H,4,7H2,1-2H3;2*1H;/q;;;;;+2/p-2. The van der Waals surface area contributed by atoms with E-state index in [2.05, 4.69) is 113 Å². The molecule has 2 aromatic rings. The molecular weight excluding hydrogens is 717 g/mol. The Kier molecular flexibility index (Phi) is 12.8. The second-order valence-corrected chi connectivity index (χ2v) is 16.5. The average molecular weight is 755 g/mol. The summed E-state index contributed by atoms with van der Waals surface area (Å²) in [5.74, 6) is 1.40. The van der Waals surface area contributed by atoms with Gasteiger partial charge in [-0.25, -0.2) is 0 Å². The van der Waals surface area contributed by atoms with E-state index in [4.69, 9.17) is 0 Å². The maximum atomic E-state index is 2.47. The summed E-state index contributed by atoms with van der Waals surface area (Å²) in [5, 5.41) is 0. The predicted octanol–water partition coefficient (Wildman–Crippen LogP) is 2.92. The predicted molar refractivity (Wildman–Crippen MR) is 135 cm³/mol. The zero-order valence-corrected chi connectivity index (χ0v) is 27.7. The van der Waals surface area contributed by atoms with Crippen LogP contribution in [0.1, 0.15) is 68.1 Å².